The minimum atomic E-state index is -1.01. The molecule has 0 aromatic carbocycles. The summed E-state index contributed by atoms with van der Waals surface area (Å²) in [6.45, 7) is 6.54. The molecule has 0 radical (unpaired) electrons. The molecule has 0 saturated carbocycles. The third-order valence-electron chi connectivity index (χ3n) is 1.65. The van der Waals surface area contributed by atoms with Crippen molar-refractivity contribution in [2.75, 3.05) is 0 Å². The Kier molecular flexibility index (Phi) is 4.01. The predicted molar refractivity (Wildman–Crippen MR) is 70.7 cm³/mol. The molecule has 0 spiro atoms. The highest BCUT2D eigenvalue weighted by Gasteiger charge is 2.08. The van der Waals surface area contributed by atoms with E-state index in [2.05, 4.69) is 23.7 Å². The largest absolute Gasteiger partial charge is 0.378 e. The second-order valence-electron chi connectivity index (χ2n) is 4.78. The molecule has 0 amide bonds. The summed E-state index contributed by atoms with van der Waals surface area (Å²) in [4.78, 5) is 0.809. The molecule has 0 fully saturated rings. The van der Waals surface area contributed by atoms with Crippen molar-refractivity contribution in [3.05, 3.63) is 21.9 Å². The van der Waals surface area contributed by atoms with Crippen LogP contribution < -0.4 is 0 Å². The predicted octanol–water partition coefficient (Wildman–Crippen LogP) is 1.99. The van der Waals surface area contributed by atoms with E-state index in [1.807, 2.05) is 11.4 Å². The van der Waals surface area contributed by atoms with E-state index in [1.54, 1.807) is 27.7 Å². The summed E-state index contributed by atoms with van der Waals surface area (Å²) < 4.78 is 0. The van der Waals surface area contributed by atoms with Crippen LogP contribution in [-0.4, -0.2) is 21.4 Å². The highest BCUT2D eigenvalue weighted by atomic mass is 32.1. The Balaban J connectivity index is 3.01. The Morgan fingerprint density at radius 3 is 2.06 bits per heavy atom. The number of aliphatic hydroxyl groups is 2. The van der Waals surface area contributed by atoms with Gasteiger partial charge in [-0.3, -0.25) is 0 Å². The van der Waals surface area contributed by atoms with E-state index in [1.165, 1.54) is 11.3 Å². The molecule has 0 atom stereocenters. The summed E-state index contributed by atoms with van der Waals surface area (Å²) in [5.74, 6) is 11.3. The van der Waals surface area contributed by atoms with Crippen LogP contribution in [0.3, 0.4) is 0 Å². The summed E-state index contributed by atoms with van der Waals surface area (Å²) in [6.07, 6.45) is 0. The second-order valence-corrected chi connectivity index (χ2v) is 5.70. The van der Waals surface area contributed by atoms with E-state index < -0.39 is 11.2 Å². The van der Waals surface area contributed by atoms with Crippen LogP contribution in [0.2, 0.25) is 0 Å². The molecule has 2 N–H and O–H groups in total. The lowest BCUT2D eigenvalue weighted by Gasteiger charge is -2.06. The van der Waals surface area contributed by atoms with Crippen molar-refractivity contribution in [3.63, 3.8) is 0 Å². The Hall–Kier alpha value is -1.26. The first-order chi connectivity index (χ1) is 7.67. The van der Waals surface area contributed by atoms with E-state index in [4.69, 9.17) is 0 Å². The van der Waals surface area contributed by atoms with Crippen molar-refractivity contribution < 1.29 is 10.2 Å². The van der Waals surface area contributed by atoms with Gasteiger partial charge in [0.1, 0.15) is 11.2 Å². The summed E-state index contributed by atoms with van der Waals surface area (Å²) in [7, 11) is 0. The first kappa shape index (κ1) is 13.8. The molecule has 2 nitrogen and oxygen atoms in total. The first-order valence-electron chi connectivity index (χ1n) is 5.26. The Labute approximate surface area is 106 Å². The number of thiophene rings is 1. The maximum Gasteiger partial charge on any atom is 0.120 e. The molecular weight excluding hydrogens is 232 g/mol. The van der Waals surface area contributed by atoms with Crippen molar-refractivity contribution in [2.45, 2.75) is 38.9 Å². The van der Waals surface area contributed by atoms with Crippen LogP contribution in [0.4, 0.5) is 0 Å². The minimum absolute atomic E-state index is 0.786. The van der Waals surface area contributed by atoms with E-state index in [-0.39, 0.29) is 0 Å². The third kappa shape index (κ3) is 5.56. The van der Waals surface area contributed by atoms with Crippen molar-refractivity contribution in [2.24, 2.45) is 0 Å². The summed E-state index contributed by atoms with van der Waals surface area (Å²) in [5, 5.41) is 20.9. The molecule has 0 bridgehead atoms. The van der Waals surface area contributed by atoms with Crippen LogP contribution >= 0.6 is 11.3 Å². The van der Waals surface area contributed by atoms with Gasteiger partial charge in [-0.1, -0.05) is 23.7 Å². The molecule has 0 aliphatic carbocycles. The highest BCUT2D eigenvalue weighted by Crippen LogP contribution is 2.15. The quantitative estimate of drug-likeness (QED) is 0.689. The second kappa shape index (κ2) is 4.94. The van der Waals surface area contributed by atoms with Crippen LogP contribution in [0.15, 0.2) is 11.4 Å². The van der Waals surface area contributed by atoms with Crippen molar-refractivity contribution in [1.82, 2.24) is 0 Å². The van der Waals surface area contributed by atoms with Crippen LogP contribution in [0.25, 0.3) is 0 Å². The molecule has 3 heteroatoms. The highest BCUT2D eigenvalue weighted by molar-refractivity contribution is 7.10. The Bertz CT molecular complexity index is 458. The van der Waals surface area contributed by atoms with E-state index >= 15 is 0 Å². The molecule has 1 rings (SSSR count). The fraction of sp³-hybridized carbons (Fsp3) is 0.429. The van der Waals surface area contributed by atoms with E-state index in [9.17, 15) is 10.2 Å². The molecule has 0 saturated heterocycles. The molecular formula is C14H16O2S. The van der Waals surface area contributed by atoms with Crippen molar-refractivity contribution >= 4 is 11.3 Å². The average molecular weight is 248 g/mol. The van der Waals surface area contributed by atoms with Crippen LogP contribution in [0.5, 0.6) is 0 Å². The maximum atomic E-state index is 9.52. The van der Waals surface area contributed by atoms with Gasteiger partial charge in [0.25, 0.3) is 0 Å². The van der Waals surface area contributed by atoms with Gasteiger partial charge in [0, 0.05) is 0 Å². The van der Waals surface area contributed by atoms with Gasteiger partial charge in [-0.25, -0.2) is 0 Å². The molecule has 0 unspecified atom stereocenters. The van der Waals surface area contributed by atoms with Crippen LogP contribution in [0, 0.1) is 23.7 Å². The monoisotopic (exact) mass is 248 g/mol. The van der Waals surface area contributed by atoms with Crippen molar-refractivity contribution in [1.29, 1.82) is 0 Å². The molecule has 1 aromatic heterocycles. The van der Waals surface area contributed by atoms with Gasteiger partial charge in [0.2, 0.25) is 0 Å². The SMILES string of the molecule is CC(C)(O)C#Cc1ccsc1C#CC(C)(C)O. The minimum Gasteiger partial charge on any atom is -0.378 e. The fourth-order valence-corrected chi connectivity index (χ4v) is 1.63. The average Bonchev–Trinajstić information content (AvgIpc) is 2.56. The first-order valence-corrected chi connectivity index (χ1v) is 6.14. The van der Waals surface area contributed by atoms with E-state index in [0.29, 0.717) is 0 Å². The zero-order valence-electron chi connectivity index (χ0n) is 10.5. The van der Waals surface area contributed by atoms with Gasteiger partial charge in [0.05, 0.1) is 10.4 Å². The Morgan fingerprint density at radius 1 is 1.00 bits per heavy atom. The lowest BCUT2D eigenvalue weighted by atomic mass is 10.1. The number of rotatable bonds is 0. The number of hydrogen-bond donors (Lipinski definition) is 2. The van der Waals surface area contributed by atoms with Gasteiger partial charge >= 0.3 is 0 Å². The van der Waals surface area contributed by atoms with Gasteiger partial charge in [-0.05, 0) is 39.1 Å². The zero-order chi connectivity index (χ0) is 13.1. The zero-order valence-corrected chi connectivity index (χ0v) is 11.3. The fourth-order valence-electron chi connectivity index (χ4n) is 0.935. The third-order valence-corrected chi connectivity index (χ3v) is 2.48. The molecule has 1 heterocycles. The molecule has 1 aromatic rings. The number of hydrogen-bond acceptors (Lipinski definition) is 3. The summed E-state index contributed by atoms with van der Waals surface area (Å²) in [5.41, 5.74) is -1.23. The standard InChI is InChI=1S/C14H16O2S/c1-13(2,15)8-5-11-7-10-17-12(11)6-9-14(3,4)16/h7,10,15-16H,1-4H3. The molecule has 0 aliphatic rings. The summed E-state index contributed by atoms with van der Waals surface area (Å²) >= 11 is 1.47. The lowest BCUT2D eigenvalue weighted by molar-refractivity contribution is 0.143. The lowest BCUT2D eigenvalue weighted by Crippen LogP contribution is -2.14. The van der Waals surface area contributed by atoms with E-state index in [0.717, 1.165) is 10.4 Å². The van der Waals surface area contributed by atoms with Gasteiger partial charge in [0.15, 0.2) is 0 Å². The van der Waals surface area contributed by atoms with Crippen LogP contribution in [0.1, 0.15) is 38.1 Å². The van der Waals surface area contributed by atoms with Gasteiger partial charge in [-0.15, -0.1) is 11.3 Å². The van der Waals surface area contributed by atoms with Crippen LogP contribution in [-0.2, 0) is 0 Å². The topological polar surface area (TPSA) is 40.5 Å². The van der Waals surface area contributed by atoms with Gasteiger partial charge in [-0.2, -0.15) is 0 Å². The summed E-state index contributed by atoms with van der Waals surface area (Å²) in [6, 6.07) is 1.86. The maximum absolute atomic E-state index is 9.52. The molecule has 90 valence electrons. The molecule has 17 heavy (non-hydrogen) atoms. The Morgan fingerprint density at radius 2 is 1.53 bits per heavy atom. The van der Waals surface area contributed by atoms with Crippen molar-refractivity contribution in [3.8, 4) is 23.7 Å². The van der Waals surface area contributed by atoms with Gasteiger partial charge < -0.3 is 10.2 Å². The smallest absolute Gasteiger partial charge is 0.120 e. The molecule has 0 aliphatic heterocycles. The normalized spacial score (nSPS) is 11.2.